The topological polar surface area (TPSA) is 32.8 Å². The van der Waals surface area contributed by atoms with E-state index >= 15 is 0 Å². The molecule has 4 nitrogen and oxygen atoms in total. The summed E-state index contributed by atoms with van der Waals surface area (Å²) in [5, 5.41) is 4.47. The number of nitrogens with zero attached hydrogens (tertiary/aromatic N) is 2. The molecule has 3 fully saturated rings. The molecule has 0 spiro atoms. The highest BCUT2D eigenvalue weighted by molar-refractivity contribution is 7.08. The third kappa shape index (κ3) is 3.71. The van der Waals surface area contributed by atoms with E-state index in [0.29, 0.717) is 29.7 Å². The number of hydrogen-bond acceptors (Lipinski definition) is 4. The van der Waals surface area contributed by atoms with Crippen molar-refractivity contribution in [1.82, 2.24) is 9.80 Å². The molecule has 1 amide bonds. The van der Waals surface area contributed by atoms with Crippen LogP contribution in [0.1, 0.15) is 42.7 Å². The number of carbonyl (C=O) groups is 1. The first kappa shape index (κ1) is 19.1. The van der Waals surface area contributed by atoms with Gasteiger partial charge in [0, 0.05) is 50.0 Å². The molecule has 29 heavy (non-hydrogen) atoms. The summed E-state index contributed by atoms with van der Waals surface area (Å²) in [6.07, 6.45) is 4.50. The maximum Gasteiger partial charge on any atom is 0.225 e. The molecule has 3 heterocycles. The van der Waals surface area contributed by atoms with Crippen LogP contribution < -0.4 is 4.74 Å². The maximum absolute atomic E-state index is 13.1. The number of piperidine rings is 1. The second-order valence-electron chi connectivity index (χ2n) is 8.89. The van der Waals surface area contributed by atoms with Gasteiger partial charge in [-0.3, -0.25) is 9.69 Å². The first-order chi connectivity index (χ1) is 14.2. The van der Waals surface area contributed by atoms with Gasteiger partial charge in [0.2, 0.25) is 5.91 Å². The summed E-state index contributed by atoms with van der Waals surface area (Å²) < 4.78 is 5.40. The van der Waals surface area contributed by atoms with Gasteiger partial charge < -0.3 is 9.64 Å². The number of amides is 1. The first-order valence-corrected chi connectivity index (χ1v) is 11.8. The Labute approximate surface area is 177 Å². The van der Waals surface area contributed by atoms with Gasteiger partial charge in [-0.25, -0.2) is 0 Å². The molecule has 3 atom stereocenters. The summed E-state index contributed by atoms with van der Waals surface area (Å²) in [5.74, 6) is 2.67. The number of fused-ring (bicyclic) bond motifs is 1. The Morgan fingerprint density at radius 3 is 2.83 bits per heavy atom. The second-order valence-corrected chi connectivity index (χ2v) is 9.67. The molecular formula is C24H30N2O2S. The maximum atomic E-state index is 13.1. The average Bonchev–Trinajstić information content (AvgIpc) is 3.34. The predicted molar refractivity (Wildman–Crippen MR) is 116 cm³/mol. The third-order valence-corrected chi connectivity index (χ3v) is 7.97. The molecule has 2 aliphatic heterocycles. The van der Waals surface area contributed by atoms with Crippen LogP contribution in [-0.2, 0) is 11.3 Å². The van der Waals surface area contributed by atoms with Crippen molar-refractivity contribution in [2.75, 3.05) is 26.7 Å². The summed E-state index contributed by atoms with van der Waals surface area (Å²) in [6, 6.07) is 11.1. The van der Waals surface area contributed by atoms with Crippen LogP contribution in [0.2, 0.25) is 0 Å². The molecule has 0 bridgehead atoms. The number of carbonyl (C=O) groups excluding carboxylic acids is 1. The Kier molecular flexibility index (Phi) is 5.35. The van der Waals surface area contributed by atoms with Gasteiger partial charge in [0.15, 0.2) is 0 Å². The van der Waals surface area contributed by atoms with E-state index in [4.69, 9.17) is 4.74 Å². The van der Waals surface area contributed by atoms with Gasteiger partial charge in [0.05, 0.1) is 7.11 Å². The Balaban J connectivity index is 1.34. The molecule has 5 heteroatoms. The largest absolute Gasteiger partial charge is 0.497 e. The van der Waals surface area contributed by atoms with E-state index in [1.807, 2.05) is 6.07 Å². The van der Waals surface area contributed by atoms with E-state index in [9.17, 15) is 4.79 Å². The van der Waals surface area contributed by atoms with E-state index < -0.39 is 0 Å². The summed E-state index contributed by atoms with van der Waals surface area (Å²) in [4.78, 5) is 18.0. The van der Waals surface area contributed by atoms with E-state index in [1.165, 1.54) is 17.5 Å². The van der Waals surface area contributed by atoms with Gasteiger partial charge in [-0.2, -0.15) is 11.3 Å². The van der Waals surface area contributed by atoms with E-state index in [-0.39, 0.29) is 0 Å². The van der Waals surface area contributed by atoms with Crippen molar-refractivity contribution in [2.24, 2.45) is 11.8 Å². The molecule has 2 saturated heterocycles. The summed E-state index contributed by atoms with van der Waals surface area (Å²) in [7, 11) is 1.72. The molecule has 1 saturated carbocycles. The van der Waals surface area contributed by atoms with Crippen molar-refractivity contribution in [3.05, 3.63) is 52.2 Å². The average molecular weight is 411 g/mol. The minimum absolute atomic E-state index is 0.298. The van der Waals surface area contributed by atoms with Gasteiger partial charge in [0.1, 0.15) is 5.75 Å². The second kappa shape index (κ2) is 8.11. The quantitative estimate of drug-likeness (QED) is 0.734. The van der Waals surface area contributed by atoms with Crippen LogP contribution in [0.25, 0.3) is 0 Å². The highest BCUT2D eigenvalue weighted by atomic mass is 32.1. The van der Waals surface area contributed by atoms with E-state index in [2.05, 4.69) is 44.8 Å². The van der Waals surface area contributed by atoms with Crippen LogP contribution in [0.5, 0.6) is 5.75 Å². The fourth-order valence-electron chi connectivity index (χ4n) is 5.46. The van der Waals surface area contributed by atoms with Gasteiger partial charge in [0.25, 0.3) is 0 Å². The standard InChI is InChI=1S/C24H30N2O2S/c1-28-20-7-2-4-17(12-20)13-25-10-8-23-22(14-25)21(19-9-11-29-16-19)15-26(23)24(27)18-5-3-6-18/h2,4,7,9,11-12,16,18,21-23H,3,5-6,8,10,13-15H2,1H3/t21-,22-,23-/m0/s1. The van der Waals surface area contributed by atoms with Gasteiger partial charge >= 0.3 is 0 Å². The van der Waals surface area contributed by atoms with Gasteiger partial charge in [-0.15, -0.1) is 0 Å². The first-order valence-electron chi connectivity index (χ1n) is 10.9. The minimum Gasteiger partial charge on any atom is -0.497 e. The molecule has 1 aromatic carbocycles. The molecule has 1 aliphatic carbocycles. The van der Waals surface area contributed by atoms with Crippen LogP contribution >= 0.6 is 11.3 Å². The van der Waals surface area contributed by atoms with Crippen LogP contribution in [-0.4, -0.2) is 48.5 Å². The Morgan fingerprint density at radius 1 is 1.21 bits per heavy atom. The lowest BCUT2D eigenvalue weighted by molar-refractivity contribution is -0.140. The molecule has 0 radical (unpaired) electrons. The van der Waals surface area contributed by atoms with Crippen LogP contribution in [0.15, 0.2) is 41.1 Å². The molecule has 0 unspecified atom stereocenters. The van der Waals surface area contributed by atoms with Crippen molar-refractivity contribution in [3.8, 4) is 5.75 Å². The summed E-state index contributed by atoms with van der Waals surface area (Å²) >= 11 is 1.77. The number of ether oxygens (including phenoxy) is 1. The smallest absolute Gasteiger partial charge is 0.225 e. The number of methoxy groups -OCH3 is 1. The Hall–Kier alpha value is -1.85. The van der Waals surface area contributed by atoms with Gasteiger partial charge in [-0.1, -0.05) is 18.6 Å². The Morgan fingerprint density at radius 2 is 2.10 bits per heavy atom. The van der Waals surface area contributed by atoms with Crippen molar-refractivity contribution in [1.29, 1.82) is 0 Å². The molecule has 2 aromatic rings. The molecule has 0 N–H and O–H groups in total. The van der Waals surface area contributed by atoms with Crippen LogP contribution in [0.3, 0.4) is 0 Å². The summed E-state index contributed by atoms with van der Waals surface area (Å²) in [6.45, 7) is 3.99. The zero-order chi connectivity index (χ0) is 19.8. The predicted octanol–water partition coefficient (Wildman–Crippen LogP) is 4.37. The van der Waals surface area contributed by atoms with Crippen molar-refractivity contribution in [2.45, 2.75) is 44.2 Å². The number of rotatable bonds is 5. The van der Waals surface area contributed by atoms with E-state index in [0.717, 1.165) is 51.2 Å². The van der Waals surface area contributed by atoms with Crippen molar-refractivity contribution < 1.29 is 9.53 Å². The van der Waals surface area contributed by atoms with Crippen LogP contribution in [0, 0.1) is 11.8 Å². The number of likely N-dealkylation sites (tertiary alicyclic amines) is 2. The molecule has 154 valence electrons. The normalized spacial score (nSPS) is 27.5. The zero-order valence-electron chi connectivity index (χ0n) is 17.1. The lowest BCUT2D eigenvalue weighted by atomic mass is 9.82. The molecular weight excluding hydrogens is 380 g/mol. The number of thiophene rings is 1. The fraction of sp³-hybridized carbons (Fsp3) is 0.542. The van der Waals surface area contributed by atoms with Crippen molar-refractivity contribution in [3.63, 3.8) is 0 Å². The van der Waals surface area contributed by atoms with E-state index in [1.54, 1.807) is 18.4 Å². The third-order valence-electron chi connectivity index (χ3n) is 7.26. The Bertz CT molecular complexity index is 848. The summed E-state index contributed by atoms with van der Waals surface area (Å²) in [5.41, 5.74) is 2.73. The minimum atomic E-state index is 0.298. The molecule has 3 aliphatic rings. The monoisotopic (exact) mass is 410 g/mol. The van der Waals surface area contributed by atoms with Crippen LogP contribution in [0.4, 0.5) is 0 Å². The lowest BCUT2D eigenvalue weighted by Gasteiger charge is -2.40. The zero-order valence-corrected chi connectivity index (χ0v) is 17.9. The fourth-order valence-corrected chi connectivity index (χ4v) is 6.18. The van der Waals surface area contributed by atoms with Crippen molar-refractivity contribution >= 4 is 17.2 Å². The lowest BCUT2D eigenvalue weighted by Crippen LogP contribution is -2.49. The number of hydrogen-bond donors (Lipinski definition) is 0. The highest BCUT2D eigenvalue weighted by Gasteiger charge is 2.48. The SMILES string of the molecule is COc1cccc(CN2CC[C@H]3[C@@H](C2)[C@H](c2ccsc2)CN3C(=O)C2CCC2)c1. The highest BCUT2D eigenvalue weighted by Crippen LogP contribution is 2.44. The molecule has 1 aromatic heterocycles. The van der Waals surface area contributed by atoms with Gasteiger partial charge in [-0.05, 0) is 59.3 Å². The number of benzene rings is 1. The molecule has 5 rings (SSSR count).